The molecule has 1 N–H and O–H groups in total. The van der Waals surface area contributed by atoms with E-state index in [0.717, 1.165) is 51.9 Å². The Balaban J connectivity index is 0.00000196. The van der Waals surface area contributed by atoms with Crippen molar-refractivity contribution >= 4 is 18.3 Å². The number of carbonyl (C=O) groups is 1. The summed E-state index contributed by atoms with van der Waals surface area (Å²) in [6.07, 6.45) is 4.19. The van der Waals surface area contributed by atoms with E-state index in [2.05, 4.69) is 58.7 Å². The summed E-state index contributed by atoms with van der Waals surface area (Å²) in [6.45, 7) is 3.59. The molecule has 0 bridgehead atoms. The maximum Gasteiger partial charge on any atom is 0.229 e. The van der Waals surface area contributed by atoms with Crippen LogP contribution in [0, 0.1) is 5.41 Å². The van der Waals surface area contributed by atoms with Crippen LogP contribution in [-0.2, 0) is 11.3 Å². The van der Waals surface area contributed by atoms with Crippen molar-refractivity contribution in [2.75, 3.05) is 19.6 Å². The number of piperidine rings is 2. The molecule has 2 fully saturated rings. The van der Waals surface area contributed by atoms with Crippen LogP contribution in [-0.4, -0.2) is 30.4 Å². The van der Waals surface area contributed by atoms with Crippen LogP contribution < -0.4 is 5.32 Å². The lowest BCUT2D eigenvalue weighted by molar-refractivity contribution is -0.149. The highest BCUT2D eigenvalue weighted by Crippen LogP contribution is 2.39. The SMILES string of the molecule is Cl.O=C1N(Cc2ccc(-c3ccccc3)cc2)CCCC12CCNCC2. The standard InChI is InChI=1S/C22H26N2O.ClH/c25-21-22(12-14-23-15-13-22)11-4-16-24(21)17-18-7-9-20(10-8-18)19-5-2-1-3-6-19;/h1-3,5-10,23H,4,11-17H2;1H. The molecule has 0 atom stereocenters. The Bertz CT molecular complexity index is 718. The van der Waals surface area contributed by atoms with Crippen LogP contribution in [0.3, 0.4) is 0 Å². The Kier molecular flexibility index (Phi) is 6.00. The number of benzene rings is 2. The molecule has 0 saturated carbocycles. The molecule has 2 aromatic rings. The topological polar surface area (TPSA) is 32.3 Å². The van der Waals surface area contributed by atoms with Gasteiger partial charge in [-0.05, 0) is 55.5 Å². The second kappa shape index (κ2) is 8.24. The highest BCUT2D eigenvalue weighted by Gasteiger charge is 2.44. The molecule has 0 aromatic heterocycles. The minimum atomic E-state index is -0.0898. The first kappa shape index (κ1) is 18.9. The lowest BCUT2D eigenvalue weighted by Crippen LogP contribution is -2.52. The highest BCUT2D eigenvalue weighted by molar-refractivity contribution is 5.85. The summed E-state index contributed by atoms with van der Waals surface area (Å²) in [5, 5.41) is 3.39. The van der Waals surface area contributed by atoms with Crippen LogP contribution in [0.1, 0.15) is 31.2 Å². The van der Waals surface area contributed by atoms with Crippen LogP contribution in [0.4, 0.5) is 0 Å². The maximum absolute atomic E-state index is 13.1. The van der Waals surface area contributed by atoms with Crippen molar-refractivity contribution in [1.82, 2.24) is 10.2 Å². The van der Waals surface area contributed by atoms with E-state index in [-0.39, 0.29) is 17.8 Å². The molecular formula is C22H27ClN2O. The summed E-state index contributed by atoms with van der Waals surface area (Å²) in [4.78, 5) is 15.2. The Labute approximate surface area is 162 Å². The number of hydrogen-bond acceptors (Lipinski definition) is 2. The second-order valence-electron chi connectivity index (χ2n) is 7.42. The fourth-order valence-corrected chi connectivity index (χ4v) is 4.33. The first-order valence-corrected chi connectivity index (χ1v) is 9.41. The molecule has 4 heteroatoms. The van der Waals surface area contributed by atoms with Crippen LogP contribution in [0.15, 0.2) is 54.6 Å². The molecule has 3 nitrogen and oxygen atoms in total. The van der Waals surface area contributed by atoms with Crippen LogP contribution in [0.25, 0.3) is 11.1 Å². The van der Waals surface area contributed by atoms with Gasteiger partial charge in [-0.3, -0.25) is 4.79 Å². The van der Waals surface area contributed by atoms with Crippen molar-refractivity contribution in [3.8, 4) is 11.1 Å². The van der Waals surface area contributed by atoms with Gasteiger partial charge in [0, 0.05) is 13.1 Å². The largest absolute Gasteiger partial charge is 0.338 e. The van der Waals surface area contributed by atoms with Crippen molar-refractivity contribution in [2.45, 2.75) is 32.2 Å². The van der Waals surface area contributed by atoms with Gasteiger partial charge in [0.05, 0.1) is 5.41 Å². The third kappa shape index (κ3) is 3.79. The summed E-state index contributed by atoms with van der Waals surface area (Å²) in [5.74, 6) is 0.382. The van der Waals surface area contributed by atoms with Gasteiger partial charge in [-0.15, -0.1) is 12.4 Å². The summed E-state index contributed by atoms with van der Waals surface area (Å²) in [6, 6.07) is 19.1. The molecule has 2 aliphatic rings. The number of carbonyl (C=O) groups excluding carboxylic acids is 1. The van der Waals surface area contributed by atoms with Gasteiger partial charge in [0.1, 0.15) is 0 Å². The molecule has 26 heavy (non-hydrogen) atoms. The Morgan fingerprint density at radius 1 is 0.885 bits per heavy atom. The Morgan fingerprint density at radius 3 is 2.23 bits per heavy atom. The first-order chi connectivity index (χ1) is 12.3. The number of hydrogen-bond donors (Lipinski definition) is 1. The van der Waals surface area contributed by atoms with Gasteiger partial charge in [0.15, 0.2) is 0 Å². The lowest BCUT2D eigenvalue weighted by atomic mass is 9.72. The average molecular weight is 371 g/mol. The van der Waals surface area contributed by atoms with Gasteiger partial charge in [0.25, 0.3) is 0 Å². The van der Waals surface area contributed by atoms with Crippen molar-refractivity contribution in [3.63, 3.8) is 0 Å². The summed E-state index contributed by atoms with van der Waals surface area (Å²) in [5.41, 5.74) is 3.59. The average Bonchev–Trinajstić information content (AvgIpc) is 2.68. The van der Waals surface area contributed by atoms with Gasteiger partial charge >= 0.3 is 0 Å². The van der Waals surface area contributed by atoms with Crippen LogP contribution in [0.5, 0.6) is 0 Å². The van der Waals surface area contributed by atoms with E-state index in [4.69, 9.17) is 0 Å². The summed E-state index contributed by atoms with van der Waals surface area (Å²) < 4.78 is 0. The van der Waals surface area contributed by atoms with Gasteiger partial charge in [0.2, 0.25) is 5.91 Å². The monoisotopic (exact) mass is 370 g/mol. The number of nitrogens with zero attached hydrogens (tertiary/aromatic N) is 1. The molecule has 2 heterocycles. The smallest absolute Gasteiger partial charge is 0.229 e. The van der Waals surface area contributed by atoms with Gasteiger partial charge in [-0.25, -0.2) is 0 Å². The van der Waals surface area contributed by atoms with Gasteiger partial charge in [-0.2, -0.15) is 0 Å². The highest BCUT2D eigenvalue weighted by atomic mass is 35.5. The quantitative estimate of drug-likeness (QED) is 0.875. The Hall–Kier alpha value is -1.84. The molecule has 4 rings (SSSR count). The molecule has 0 unspecified atom stereocenters. The van der Waals surface area contributed by atoms with E-state index in [9.17, 15) is 4.79 Å². The maximum atomic E-state index is 13.1. The van der Waals surface area contributed by atoms with Crippen molar-refractivity contribution in [3.05, 3.63) is 60.2 Å². The molecule has 2 aromatic carbocycles. The van der Waals surface area contributed by atoms with Gasteiger partial charge < -0.3 is 10.2 Å². The zero-order valence-corrected chi connectivity index (χ0v) is 15.9. The third-order valence-electron chi connectivity index (χ3n) is 5.82. The van der Waals surface area contributed by atoms with Crippen molar-refractivity contribution in [1.29, 1.82) is 0 Å². The zero-order chi connectivity index (χ0) is 17.1. The number of likely N-dealkylation sites (tertiary alicyclic amines) is 1. The number of rotatable bonds is 3. The van der Waals surface area contributed by atoms with E-state index in [1.54, 1.807) is 0 Å². The molecule has 0 aliphatic carbocycles. The predicted molar refractivity (Wildman–Crippen MR) is 108 cm³/mol. The van der Waals surface area contributed by atoms with E-state index >= 15 is 0 Å². The molecule has 0 radical (unpaired) electrons. The normalized spacial score (nSPS) is 19.2. The molecule has 138 valence electrons. The van der Waals surface area contributed by atoms with Crippen molar-refractivity contribution < 1.29 is 4.79 Å². The van der Waals surface area contributed by atoms with E-state index in [1.807, 2.05) is 6.07 Å². The molecule has 2 aliphatic heterocycles. The Morgan fingerprint density at radius 2 is 1.54 bits per heavy atom. The second-order valence-corrected chi connectivity index (χ2v) is 7.42. The molecule has 1 spiro atoms. The van der Waals surface area contributed by atoms with Gasteiger partial charge in [-0.1, -0.05) is 54.6 Å². The van der Waals surface area contributed by atoms with Crippen LogP contribution >= 0.6 is 12.4 Å². The minimum Gasteiger partial charge on any atom is -0.338 e. The van der Waals surface area contributed by atoms with Crippen molar-refractivity contribution in [2.24, 2.45) is 5.41 Å². The summed E-state index contributed by atoms with van der Waals surface area (Å²) >= 11 is 0. The number of nitrogens with one attached hydrogen (secondary N) is 1. The molecule has 1 amide bonds. The number of amides is 1. The van der Waals surface area contributed by atoms with E-state index in [1.165, 1.54) is 16.7 Å². The summed E-state index contributed by atoms with van der Waals surface area (Å²) in [7, 11) is 0. The number of halogens is 1. The van der Waals surface area contributed by atoms with Crippen LogP contribution in [0.2, 0.25) is 0 Å². The minimum absolute atomic E-state index is 0. The fraction of sp³-hybridized carbons (Fsp3) is 0.409. The molecule has 2 saturated heterocycles. The lowest BCUT2D eigenvalue weighted by Gasteiger charge is -2.44. The van der Waals surface area contributed by atoms with E-state index in [0.29, 0.717) is 5.91 Å². The fourth-order valence-electron chi connectivity index (χ4n) is 4.33. The zero-order valence-electron chi connectivity index (χ0n) is 15.1. The molecular weight excluding hydrogens is 344 g/mol. The first-order valence-electron chi connectivity index (χ1n) is 9.41. The van der Waals surface area contributed by atoms with E-state index < -0.39 is 0 Å². The third-order valence-corrected chi connectivity index (χ3v) is 5.82. The predicted octanol–water partition coefficient (Wildman–Crippen LogP) is 4.27.